The largest absolute Gasteiger partial charge is 0.507 e. The second kappa shape index (κ2) is 5.70. The van der Waals surface area contributed by atoms with Crippen LogP contribution in [0, 0.1) is 0 Å². The molecule has 1 aromatic heterocycles. The van der Waals surface area contributed by atoms with Crippen molar-refractivity contribution in [1.29, 1.82) is 0 Å². The van der Waals surface area contributed by atoms with E-state index in [-0.39, 0.29) is 22.7 Å². The van der Waals surface area contributed by atoms with Gasteiger partial charge in [0.15, 0.2) is 5.69 Å². The van der Waals surface area contributed by atoms with E-state index in [0.717, 1.165) is 0 Å². The summed E-state index contributed by atoms with van der Waals surface area (Å²) in [6.45, 7) is 0. The van der Waals surface area contributed by atoms with Crippen molar-refractivity contribution in [2.24, 2.45) is 0 Å². The summed E-state index contributed by atoms with van der Waals surface area (Å²) in [5, 5.41) is 21.0. The number of nitrogens with zero attached hydrogens (tertiary/aromatic N) is 1. The Morgan fingerprint density at radius 2 is 2.00 bits per heavy atom. The Balaban J connectivity index is 2.33. The predicted octanol–water partition coefficient (Wildman–Crippen LogP) is 2.50. The number of nitrogens with one attached hydrogen (secondary N) is 1. The lowest BCUT2D eigenvalue weighted by Crippen LogP contribution is -2.15. The smallest absolute Gasteiger partial charge is 0.356 e. The maximum absolute atomic E-state index is 12.0. The molecule has 2 aromatic rings. The molecule has 1 amide bonds. The third kappa shape index (κ3) is 2.94. The third-order valence-corrected chi connectivity index (χ3v) is 2.95. The molecule has 0 aliphatic heterocycles. The minimum Gasteiger partial charge on any atom is -0.507 e. The van der Waals surface area contributed by atoms with Crippen molar-refractivity contribution in [3.63, 3.8) is 0 Å². The van der Waals surface area contributed by atoms with Crippen LogP contribution < -0.4 is 5.32 Å². The monoisotopic (exact) mass is 336 g/mol. The molecule has 102 valence electrons. The fourth-order valence-electron chi connectivity index (χ4n) is 1.56. The molecule has 0 saturated heterocycles. The number of hydrogen-bond donors (Lipinski definition) is 3. The van der Waals surface area contributed by atoms with Crippen LogP contribution in [0.15, 0.2) is 41.0 Å². The summed E-state index contributed by atoms with van der Waals surface area (Å²) < 4.78 is 0.616. The lowest BCUT2D eigenvalue weighted by Gasteiger charge is -2.09. The number of pyridine rings is 1. The Bertz CT molecular complexity index is 688. The Labute approximate surface area is 122 Å². The van der Waals surface area contributed by atoms with Gasteiger partial charge in [0.05, 0.1) is 11.3 Å². The van der Waals surface area contributed by atoms with Crippen LogP contribution in [0.3, 0.4) is 0 Å². The minimum absolute atomic E-state index is 0.0274. The molecular formula is C13H9BrN2O4. The number of phenols is 1. The van der Waals surface area contributed by atoms with Crippen molar-refractivity contribution < 1.29 is 19.8 Å². The highest BCUT2D eigenvalue weighted by Crippen LogP contribution is 2.23. The van der Waals surface area contributed by atoms with Crippen LogP contribution in [0.2, 0.25) is 0 Å². The number of phenolic OH excluding ortho intramolecular Hbond substituents is 1. The number of aromatic hydroxyl groups is 1. The summed E-state index contributed by atoms with van der Waals surface area (Å²) in [5.41, 5.74) is -0.181. The average molecular weight is 337 g/mol. The van der Waals surface area contributed by atoms with Gasteiger partial charge in [-0.1, -0.05) is 15.9 Å². The van der Waals surface area contributed by atoms with Gasteiger partial charge in [-0.15, -0.1) is 0 Å². The van der Waals surface area contributed by atoms with Gasteiger partial charge in [-0.05, 0) is 30.3 Å². The fourth-order valence-corrected chi connectivity index (χ4v) is 1.92. The van der Waals surface area contributed by atoms with E-state index >= 15 is 0 Å². The molecule has 0 fully saturated rings. The first-order valence-electron chi connectivity index (χ1n) is 5.47. The van der Waals surface area contributed by atoms with Gasteiger partial charge in [0.2, 0.25) is 0 Å². The van der Waals surface area contributed by atoms with Gasteiger partial charge >= 0.3 is 5.97 Å². The molecule has 0 saturated carbocycles. The zero-order valence-electron chi connectivity index (χ0n) is 10.0. The highest BCUT2D eigenvalue weighted by atomic mass is 79.9. The number of carbonyl (C=O) groups is 2. The van der Waals surface area contributed by atoms with Crippen molar-refractivity contribution in [3.05, 3.63) is 52.3 Å². The van der Waals surface area contributed by atoms with Gasteiger partial charge < -0.3 is 15.5 Å². The van der Waals surface area contributed by atoms with Crippen LogP contribution in [0.25, 0.3) is 0 Å². The van der Waals surface area contributed by atoms with Crippen molar-refractivity contribution in [3.8, 4) is 5.75 Å². The maximum atomic E-state index is 12.0. The first-order valence-corrected chi connectivity index (χ1v) is 6.26. The van der Waals surface area contributed by atoms with E-state index in [0.29, 0.717) is 4.47 Å². The minimum atomic E-state index is -1.25. The first kappa shape index (κ1) is 14.0. The van der Waals surface area contributed by atoms with E-state index in [1.807, 2.05) is 0 Å². The predicted molar refractivity (Wildman–Crippen MR) is 75.0 cm³/mol. The van der Waals surface area contributed by atoms with Crippen molar-refractivity contribution in [2.75, 3.05) is 5.32 Å². The SMILES string of the molecule is O=C(Nc1cccnc1C(=O)O)c1cc(Br)ccc1O. The number of anilines is 1. The van der Waals surface area contributed by atoms with Crippen molar-refractivity contribution in [2.45, 2.75) is 0 Å². The zero-order valence-corrected chi connectivity index (χ0v) is 11.6. The van der Waals surface area contributed by atoms with Crippen molar-refractivity contribution >= 4 is 33.5 Å². The molecule has 0 bridgehead atoms. The molecule has 6 nitrogen and oxygen atoms in total. The molecule has 1 heterocycles. The van der Waals surface area contributed by atoms with Gasteiger partial charge in [0.1, 0.15) is 5.75 Å². The number of carbonyl (C=O) groups excluding carboxylic acids is 1. The topological polar surface area (TPSA) is 99.5 Å². The number of carboxylic acids is 1. The van der Waals surface area contributed by atoms with Crippen LogP contribution in [0.5, 0.6) is 5.75 Å². The molecule has 0 atom stereocenters. The summed E-state index contributed by atoms with van der Waals surface area (Å²) in [6.07, 6.45) is 1.32. The summed E-state index contributed by atoms with van der Waals surface area (Å²) in [6, 6.07) is 7.30. The molecule has 0 aliphatic rings. The maximum Gasteiger partial charge on any atom is 0.356 e. The standard InChI is InChI=1S/C13H9BrN2O4/c14-7-3-4-10(17)8(6-7)12(18)16-9-2-1-5-15-11(9)13(19)20/h1-6,17H,(H,16,18)(H,19,20). The molecule has 0 aliphatic carbocycles. The molecule has 0 unspecified atom stereocenters. The van der Waals surface area contributed by atoms with Gasteiger partial charge in [-0.25, -0.2) is 9.78 Å². The number of benzene rings is 1. The molecular weight excluding hydrogens is 328 g/mol. The highest BCUT2D eigenvalue weighted by Gasteiger charge is 2.16. The number of amides is 1. The number of halogens is 1. The summed E-state index contributed by atoms with van der Waals surface area (Å²) >= 11 is 3.19. The molecule has 3 N–H and O–H groups in total. The van der Waals surface area contributed by atoms with Crippen LogP contribution in [0.4, 0.5) is 5.69 Å². The first-order chi connectivity index (χ1) is 9.49. The van der Waals surface area contributed by atoms with Crippen LogP contribution in [-0.2, 0) is 0 Å². The number of aromatic nitrogens is 1. The summed E-state index contributed by atoms with van der Waals surface area (Å²) in [5.74, 6) is -2.08. The third-order valence-electron chi connectivity index (χ3n) is 2.46. The number of aromatic carboxylic acids is 1. The number of carboxylic acid groups (broad SMARTS) is 1. The zero-order chi connectivity index (χ0) is 14.7. The van der Waals surface area contributed by atoms with E-state index in [1.54, 1.807) is 6.07 Å². The molecule has 2 rings (SSSR count). The highest BCUT2D eigenvalue weighted by molar-refractivity contribution is 9.10. The number of rotatable bonds is 3. The average Bonchev–Trinajstić information content (AvgIpc) is 2.41. The molecule has 0 spiro atoms. The second-order valence-corrected chi connectivity index (χ2v) is 4.74. The molecule has 1 aromatic carbocycles. The van der Waals surface area contributed by atoms with Crippen LogP contribution in [-0.4, -0.2) is 27.1 Å². The van der Waals surface area contributed by atoms with Crippen LogP contribution in [0.1, 0.15) is 20.8 Å². The summed E-state index contributed by atoms with van der Waals surface area (Å²) in [4.78, 5) is 26.7. The van der Waals surface area contributed by atoms with Crippen molar-refractivity contribution in [1.82, 2.24) is 4.98 Å². The van der Waals surface area contributed by atoms with Gasteiger partial charge in [-0.2, -0.15) is 0 Å². The second-order valence-electron chi connectivity index (χ2n) is 3.82. The van der Waals surface area contributed by atoms with E-state index in [2.05, 4.69) is 26.2 Å². The Kier molecular flexibility index (Phi) is 3.99. The van der Waals surface area contributed by atoms with Gasteiger partial charge in [0, 0.05) is 10.7 Å². The molecule has 7 heteroatoms. The van der Waals surface area contributed by atoms with Gasteiger partial charge in [-0.3, -0.25) is 4.79 Å². The Morgan fingerprint density at radius 3 is 2.70 bits per heavy atom. The van der Waals surface area contributed by atoms with E-state index in [9.17, 15) is 14.7 Å². The van der Waals surface area contributed by atoms with E-state index in [1.165, 1.54) is 30.5 Å². The van der Waals surface area contributed by atoms with E-state index in [4.69, 9.17) is 5.11 Å². The lowest BCUT2D eigenvalue weighted by molar-refractivity contribution is 0.0691. The van der Waals surface area contributed by atoms with Crippen LogP contribution >= 0.6 is 15.9 Å². The quantitative estimate of drug-likeness (QED) is 0.799. The Morgan fingerprint density at radius 1 is 1.25 bits per heavy atom. The number of hydrogen-bond acceptors (Lipinski definition) is 4. The molecule has 0 radical (unpaired) electrons. The summed E-state index contributed by atoms with van der Waals surface area (Å²) in [7, 11) is 0. The van der Waals surface area contributed by atoms with Gasteiger partial charge in [0.25, 0.3) is 5.91 Å². The lowest BCUT2D eigenvalue weighted by atomic mass is 10.2. The van der Waals surface area contributed by atoms with E-state index < -0.39 is 11.9 Å². The Hall–Kier alpha value is -2.41. The molecule has 20 heavy (non-hydrogen) atoms. The fraction of sp³-hybridized carbons (Fsp3) is 0. The normalized spacial score (nSPS) is 10.1.